The van der Waals surface area contributed by atoms with E-state index in [9.17, 15) is 14.7 Å². The molecule has 0 aromatic heterocycles. The van der Waals surface area contributed by atoms with E-state index >= 15 is 0 Å². The van der Waals surface area contributed by atoms with Crippen molar-refractivity contribution in [2.45, 2.75) is 6.04 Å². The highest BCUT2D eigenvalue weighted by Crippen LogP contribution is 2.26. The first-order chi connectivity index (χ1) is 17.0. The number of hydrogen-bond acceptors (Lipinski definition) is 6. The van der Waals surface area contributed by atoms with E-state index in [-0.39, 0.29) is 11.6 Å². The van der Waals surface area contributed by atoms with Crippen molar-refractivity contribution < 1.29 is 19.4 Å². The van der Waals surface area contributed by atoms with Crippen molar-refractivity contribution >= 4 is 23.5 Å². The van der Waals surface area contributed by atoms with Crippen LogP contribution in [0.3, 0.4) is 0 Å². The maximum Gasteiger partial charge on any atom is 0.347 e. The summed E-state index contributed by atoms with van der Waals surface area (Å²) < 4.78 is 5.27. The Labute approximate surface area is 204 Å². The summed E-state index contributed by atoms with van der Waals surface area (Å²) >= 11 is 0. The summed E-state index contributed by atoms with van der Waals surface area (Å²) in [6.45, 7) is 2.99. The largest absolute Gasteiger partial charge is 0.477 e. The lowest BCUT2D eigenvalue weighted by Gasteiger charge is -2.31. The highest BCUT2D eigenvalue weighted by atomic mass is 16.5. The molecular formula is C28H27N3O4. The van der Waals surface area contributed by atoms with Crippen molar-refractivity contribution in [1.29, 1.82) is 5.26 Å². The quantitative estimate of drug-likeness (QED) is 0.243. The van der Waals surface area contributed by atoms with Crippen molar-refractivity contribution in [3.05, 3.63) is 107 Å². The minimum absolute atomic E-state index is 0.176. The van der Waals surface area contributed by atoms with Gasteiger partial charge in [0.1, 0.15) is 17.9 Å². The van der Waals surface area contributed by atoms with Crippen LogP contribution >= 0.6 is 0 Å². The van der Waals surface area contributed by atoms with E-state index < -0.39 is 5.97 Å². The van der Waals surface area contributed by atoms with Gasteiger partial charge >= 0.3 is 5.97 Å². The predicted octanol–water partition coefficient (Wildman–Crippen LogP) is 3.94. The normalized spacial score (nSPS) is 13.9. The van der Waals surface area contributed by atoms with Crippen molar-refractivity contribution in [1.82, 2.24) is 4.90 Å². The smallest absolute Gasteiger partial charge is 0.347 e. The van der Waals surface area contributed by atoms with Gasteiger partial charge in [-0.05, 0) is 28.8 Å². The maximum absolute atomic E-state index is 11.2. The molecule has 178 valence electrons. The monoisotopic (exact) mass is 469 g/mol. The first-order valence-corrected chi connectivity index (χ1v) is 11.2. The maximum atomic E-state index is 11.2. The van der Waals surface area contributed by atoms with Crippen molar-refractivity contribution in [2.24, 2.45) is 0 Å². The highest BCUT2D eigenvalue weighted by molar-refractivity contribution is 6.04. The number of nitrogen functional groups attached to an aromatic ring is 1. The third-order valence-electron chi connectivity index (χ3n) is 5.55. The van der Waals surface area contributed by atoms with Gasteiger partial charge in [0.15, 0.2) is 0 Å². The molecule has 1 heterocycles. The van der Waals surface area contributed by atoms with Gasteiger partial charge in [0.2, 0.25) is 0 Å². The van der Waals surface area contributed by atoms with Crippen molar-refractivity contribution in [2.75, 3.05) is 32.0 Å². The molecule has 0 aliphatic carbocycles. The molecule has 3 aromatic rings. The zero-order valence-electron chi connectivity index (χ0n) is 19.2. The summed E-state index contributed by atoms with van der Waals surface area (Å²) in [4.78, 5) is 24.5. The lowest BCUT2D eigenvalue weighted by molar-refractivity contribution is -0.132. The van der Waals surface area contributed by atoms with Gasteiger partial charge in [0.25, 0.3) is 0 Å². The summed E-state index contributed by atoms with van der Waals surface area (Å²) in [5.74, 6) is -1.22. The Balaban J connectivity index is 0.000000198. The number of nitrogens with two attached hydrogens (primary N) is 1. The lowest BCUT2D eigenvalue weighted by Crippen LogP contribution is -2.39. The van der Waals surface area contributed by atoms with Gasteiger partial charge in [-0.25, -0.2) is 4.79 Å². The van der Waals surface area contributed by atoms with Gasteiger partial charge < -0.3 is 20.4 Å². The molecule has 0 saturated carbocycles. The summed E-state index contributed by atoms with van der Waals surface area (Å²) in [5, 5.41) is 18.3. The topological polar surface area (TPSA) is 117 Å². The Hall–Kier alpha value is -4.25. The molecule has 7 nitrogen and oxygen atoms in total. The van der Waals surface area contributed by atoms with Crippen LogP contribution in [0.4, 0.5) is 5.69 Å². The van der Waals surface area contributed by atoms with Crippen molar-refractivity contribution in [3.63, 3.8) is 0 Å². The number of hydrogen-bond donors (Lipinski definition) is 2. The molecule has 0 spiro atoms. The molecule has 1 aliphatic heterocycles. The van der Waals surface area contributed by atoms with Crippen LogP contribution in [-0.4, -0.2) is 48.6 Å². The molecule has 0 bridgehead atoms. The molecule has 1 aliphatic rings. The van der Waals surface area contributed by atoms with Crippen LogP contribution in [0, 0.1) is 11.3 Å². The van der Waals surface area contributed by atoms with Gasteiger partial charge in [-0.15, -0.1) is 0 Å². The number of ether oxygens (including phenoxy) is 1. The molecule has 0 radical (unpaired) electrons. The molecule has 1 fully saturated rings. The minimum atomic E-state index is -1.22. The summed E-state index contributed by atoms with van der Waals surface area (Å²) in [7, 11) is 0. The summed E-state index contributed by atoms with van der Waals surface area (Å²) in [6, 6.07) is 27.2. The van der Waals surface area contributed by atoms with Gasteiger partial charge in [0, 0.05) is 24.4 Å². The number of rotatable bonds is 6. The molecule has 4 rings (SSSR count). The second-order valence-electron chi connectivity index (χ2n) is 7.79. The Morgan fingerprint density at radius 2 is 1.46 bits per heavy atom. The van der Waals surface area contributed by atoms with Crippen LogP contribution in [0.2, 0.25) is 0 Å². The SMILES string of the molecule is N#CC(C(=O)O)=C(c1ccccc1)c1ccccc1.Nc1ccc(C(C=O)N2CCOCC2)cc1. The lowest BCUT2D eigenvalue weighted by atomic mass is 9.93. The number of carboxylic acids is 1. The molecular weight excluding hydrogens is 442 g/mol. The molecule has 1 saturated heterocycles. The number of nitrogens with zero attached hydrogens (tertiary/aromatic N) is 2. The van der Waals surface area contributed by atoms with E-state index in [0.717, 1.165) is 30.6 Å². The average Bonchev–Trinajstić information content (AvgIpc) is 2.90. The number of carboxylic acid groups (broad SMARTS) is 1. The van der Waals surface area contributed by atoms with Crippen LogP contribution < -0.4 is 5.73 Å². The second kappa shape index (κ2) is 12.8. The van der Waals surface area contributed by atoms with Crippen LogP contribution in [0.25, 0.3) is 5.57 Å². The Kier molecular flexibility index (Phi) is 9.31. The van der Waals surface area contributed by atoms with E-state index in [1.54, 1.807) is 30.3 Å². The summed E-state index contributed by atoms with van der Waals surface area (Å²) in [6.07, 6.45) is 0.983. The highest BCUT2D eigenvalue weighted by Gasteiger charge is 2.21. The van der Waals surface area contributed by atoms with Gasteiger partial charge in [-0.3, -0.25) is 4.90 Å². The fourth-order valence-electron chi connectivity index (χ4n) is 3.80. The molecule has 1 atom stereocenters. The molecule has 35 heavy (non-hydrogen) atoms. The number of aldehydes is 1. The van der Waals surface area contributed by atoms with Crippen LogP contribution in [0.1, 0.15) is 22.7 Å². The molecule has 3 aromatic carbocycles. The minimum Gasteiger partial charge on any atom is -0.477 e. The van der Waals surface area contributed by atoms with Gasteiger partial charge in [-0.1, -0.05) is 72.8 Å². The fraction of sp³-hybridized carbons (Fsp3) is 0.179. The van der Waals surface area contributed by atoms with Crippen LogP contribution in [0.5, 0.6) is 0 Å². The van der Waals surface area contributed by atoms with E-state index in [2.05, 4.69) is 4.90 Å². The number of carbonyl (C=O) groups is 2. The van der Waals surface area contributed by atoms with E-state index in [1.807, 2.05) is 60.7 Å². The molecule has 0 amide bonds. The summed E-state index contributed by atoms with van der Waals surface area (Å²) in [5.41, 5.74) is 8.95. The van der Waals surface area contributed by atoms with Crippen LogP contribution in [-0.2, 0) is 14.3 Å². The first-order valence-electron chi connectivity index (χ1n) is 11.2. The fourth-order valence-corrected chi connectivity index (χ4v) is 3.80. The van der Waals surface area contributed by atoms with Gasteiger partial charge in [-0.2, -0.15) is 5.26 Å². The van der Waals surface area contributed by atoms with Crippen molar-refractivity contribution in [3.8, 4) is 6.07 Å². The number of benzene rings is 3. The Bertz CT molecular complexity index is 1140. The van der Waals surface area contributed by atoms with Crippen LogP contribution in [0.15, 0.2) is 90.5 Å². The number of nitriles is 1. The zero-order chi connectivity index (χ0) is 25.0. The number of anilines is 1. The Morgan fingerprint density at radius 3 is 1.89 bits per heavy atom. The van der Waals surface area contributed by atoms with E-state index in [4.69, 9.17) is 15.7 Å². The molecule has 3 N–H and O–H groups in total. The second-order valence-corrected chi connectivity index (χ2v) is 7.79. The molecule has 7 heteroatoms. The Morgan fingerprint density at radius 1 is 0.943 bits per heavy atom. The molecule has 1 unspecified atom stereocenters. The standard InChI is InChI=1S/C16H11NO2.C12H16N2O2/c17-11-14(16(18)19)15(12-7-3-1-4-8-12)13-9-5-2-6-10-13;13-11-3-1-10(2-4-11)12(9-15)14-5-7-16-8-6-14/h1-10H,(H,18,19);1-4,9,12H,5-8,13H2. The third-order valence-corrected chi connectivity index (χ3v) is 5.55. The van der Waals surface area contributed by atoms with E-state index in [0.29, 0.717) is 29.9 Å². The first kappa shape index (κ1) is 25.4. The number of aliphatic carboxylic acids is 1. The number of morpholine rings is 1. The zero-order valence-corrected chi connectivity index (χ0v) is 19.2. The van der Waals surface area contributed by atoms with E-state index in [1.165, 1.54) is 0 Å². The number of carbonyl (C=O) groups excluding carboxylic acids is 1. The predicted molar refractivity (Wildman–Crippen MR) is 134 cm³/mol. The average molecular weight is 470 g/mol. The third kappa shape index (κ3) is 6.87. The van der Waals surface area contributed by atoms with Gasteiger partial charge in [0.05, 0.1) is 19.3 Å².